The van der Waals surface area contributed by atoms with Crippen LogP contribution in [-0.2, 0) is 47.3 Å². The summed E-state index contributed by atoms with van der Waals surface area (Å²) in [6.45, 7) is 4.08. The molecule has 2 aromatic heterocycles. The molecule has 7 rings (SSSR count). The van der Waals surface area contributed by atoms with Gasteiger partial charge < -0.3 is 24.4 Å². The van der Waals surface area contributed by atoms with Crippen molar-refractivity contribution in [2.24, 2.45) is 0 Å². The number of rotatable bonds is 17. The predicted octanol–water partition coefficient (Wildman–Crippen LogP) is 14.4. The van der Waals surface area contributed by atoms with Crippen LogP contribution in [0.4, 0.5) is 26.3 Å². The molecule has 0 saturated heterocycles. The predicted molar refractivity (Wildman–Crippen MR) is 246 cm³/mol. The molecule has 2 heterocycles. The standard InChI is InChI=1S/C28H23F3O4S2.C22H19F3O3S/c1-18-13-23(11-12-24(18)35-16-27(32)33)36-17-26-20(15-34-22-5-3-2-4-6-22)14-25(37-26)19-7-9-21(10-8-19)28(29,30)31;1-14-12-19(16-5-7-17(8-6-16)22(23,24)25)29-20(14)13-28-18-9-2-15(3-10-18)4-11-21(26)27/h2-14H,15-17H2,1H3,(H,32,33);2-3,5-10,12H,4,11,13H2,1H3,(H,26,27). The van der Waals surface area contributed by atoms with E-state index in [0.717, 1.165) is 82.2 Å². The molecule has 0 radical (unpaired) electrons. The molecule has 0 bridgehead atoms. The summed E-state index contributed by atoms with van der Waals surface area (Å²) < 4.78 is 94.2. The van der Waals surface area contributed by atoms with Crippen LogP contribution in [0.25, 0.3) is 20.9 Å². The van der Waals surface area contributed by atoms with Gasteiger partial charge in [0.2, 0.25) is 0 Å². The summed E-state index contributed by atoms with van der Waals surface area (Å²) in [5.41, 5.74) is 3.85. The minimum atomic E-state index is -4.38. The maximum Gasteiger partial charge on any atom is 0.416 e. The molecule has 0 aliphatic heterocycles. The van der Waals surface area contributed by atoms with E-state index < -0.39 is 42.0 Å². The van der Waals surface area contributed by atoms with E-state index >= 15 is 0 Å². The van der Waals surface area contributed by atoms with Gasteiger partial charge in [0.1, 0.15) is 30.5 Å². The molecule has 0 aliphatic rings. The first-order valence-corrected chi connectivity index (χ1v) is 22.8. The third-order valence-corrected chi connectivity index (χ3v) is 13.5. The lowest BCUT2D eigenvalue weighted by molar-refractivity contribution is -0.139. The van der Waals surface area contributed by atoms with E-state index in [4.69, 9.17) is 24.4 Å². The van der Waals surface area contributed by atoms with Gasteiger partial charge in [-0.25, -0.2) is 4.79 Å². The minimum Gasteiger partial charge on any atom is -0.489 e. The van der Waals surface area contributed by atoms with Crippen molar-refractivity contribution in [3.63, 3.8) is 0 Å². The Hall–Kier alpha value is -6.23. The second-order valence-electron chi connectivity index (χ2n) is 14.8. The maximum atomic E-state index is 13.0. The molecule has 0 aliphatic carbocycles. The molecule has 16 heteroatoms. The number of aryl methyl sites for hydroxylation is 3. The zero-order valence-corrected chi connectivity index (χ0v) is 37.8. The lowest BCUT2D eigenvalue weighted by Gasteiger charge is -2.10. The molecule has 7 nitrogen and oxygen atoms in total. The van der Waals surface area contributed by atoms with E-state index in [2.05, 4.69) is 0 Å². The highest BCUT2D eigenvalue weighted by Gasteiger charge is 2.31. The van der Waals surface area contributed by atoms with E-state index in [1.165, 1.54) is 46.9 Å². The Balaban J connectivity index is 0.000000225. The topological polar surface area (TPSA) is 102 Å². The Morgan fingerprint density at radius 1 is 0.591 bits per heavy atom. The van der Waals surface area contributed by atoms with Crippen LogP contribution in [0, 0.1) is 13.8 Å². The van der Waals surface area contributed by atoms with Gasteiger partial charge >= 0.3 is 24.3 Å². The summed E-state index contributed by atoms with van der Waals surface area (Å²) in [4.78, 5) is 26.2. The Morgan fingerprint density at radius 3 is 1.71 bits per heavy atom. The lowest BCUT2D eigenvalue weighted by atomic mass is 10.1. The average Bonchev–Trinajstić information content (AvgIpc) is 3.88. The highest BCUT2D eigenvalue weighted by molar-refractivity contribution is 7.98. The second-order valence-corrected chi connectivity index (χ2v) is 18.1. The van der Waals surface area contributed by atoms with Crippen LogP contribution in [0.3, 0.4) is 0 Å². The van der Waals surface area contributed by atoms with Crippen LogP contribution in [0.15, 0.2) is 138 Å². The third-order valence-electron chi connectivity index (χ3n) is 9.84. The Morgan fingerprint density at radius 2 is 1.15 bits per heavy atom. The first-order valence-electron chi connectivity index (χ1n) is 20.2. The minimum absolute atomic E-state index is 0.0846. The number of ether oxygens (including phenoxy) is 3. The first-order chi connectivity index (χ1) is 31.4. The van der Waals surface area contributed by atoms with Crippen LogP contribution in [-0.4, -0.2) is 28.8 Å². The lowest BCUT2D eigenvalue weighted by Crippen LogP contribution is -2.09. The highest BCUT2D eigenvalue weighted by atomic mass is 32.2. The first kappa shape index (κ1) is 49.2. The number of benzene rings is 5. The van der Waals surface area contributed by atoms with Gasteiger partial charge in [-0.2, -0.15) is 26.3 Å². The maximum absolute atomic E-state index is 13.0. The van der Waals surface area contributed by atoms with Gasteiger partial charge in [-0.1, -0.05) is 54.6 Å². The molecule has 0 fully saturated rings. The molecule has 344 valence electrons. The van der Waals surface area contributed by atoms with Crippen LogP contribution < -0.4 is 14.2 Å². The monoisotopic (exact) mass is 964 g/mol. The molecular formula is C50H42F6O7S3. The Kier molecular flexibility index (Phi) is 16.6. The van der Waals surface area contributed by atoms with Crippen molar-refractivity contribution >= 4 is 46.4 Å². The fraction of sp³-hybridized carbons (Fsp3) is 0.200. The van der Waals surface area contributed by atoms with Crippen LogP contribution in [0.5, 0.6) is 17.2 Å². The van der Waals surface area contributed by atoms with E-state index in [9.17, 15) is 35.9 Å². The van der Waals surface area contributed by atoms with Crippen LogP contribution in [0.1, 0.15) is 49.6 Å². The van der Waals surface area contributed by atoms with Gasteiger partial charge in [-0.05, 0) is 127 Å². The van der Waals surface area contributed by atoms with Crippen molar-refractivity contribution in [3.8, 4) is 38.1 Å². The second kappa shape index (κ2) is 22.3. The van der Waals surface area contributed by atoms with E-state index in [1.54, 1.807) is 30.0 Å². The van der Waals surface area contributed by atoms with Gasteiger partial charge in [0.15, 0.2) is 6.61 Å². The van der Waals surface area contributed by atoms with Crippen molar-refractivity contribution < 1.29 is 60.4 Å². The fourth-order valence-electron chi connectivity index (χ4n) is 6.30. The molecule has 0 saturated carbocycles. The van der Waals surface area contributed by atoms with E-state index in [-0.39, 0.29) is 6.42 Å². The summed E-state index contributed by atoms with van der Waals surface area (Å²) in [6, 6.07) is 36.5. The molecule has 7 aromatic rings. The number of alkyl halides is 6. The number of aliphatic carboxylic acids is 2. The zero-order valence-electron chi connectivity index (χ0n) is 35.4. The molecule has 0 atom stereocenters. The van der Waals surface area contributed by atoms with E-state index in [0.29, 0.717) is 42.4 Å². The van der Waals surface area contributed by atoms with Crippen molar-refractivity contribution in [1.29, 1.82) is 0 Å². The highest BCUT2D eigenvalue weighted by Crippen LogP contribution is 2.39. The van der Waals surface area contributed by atoms with Gasteiger partial charge in [0, 0.05) is 42.1 Å². The number of thiophene rings is 2. The number of para-hydroxylation sites is 1. The Bertz CT molecular complexity index is 2690. The number of hydrogen-bond acceptors (Lipinski definition) is 8. The van der Waals surface area contributed by atoms with Gasteiger partial charge in [0.25, 0.3) is 0 Å². The molecule has 5 aromatic carbocycles. The Labute approximate surface area is 389 Å². The van der Waals surface area contributed by atoms with Crippen molar-refractivity contribution in [3.05, 3.63) is 177 Å². The number of carboxylic acids is 2. The fourth-order valence-corrected chi connectivity index (χ4v) is 9.68. The SMILES string of the molecule is Cc1cc(-c2ccc(C(F)(F)F)cc2)sc1COc1ccc(CCC(=O)O)cc1.Cc1cc(SCc2sc(-c3ccc(C(F)(F)F)cc3)cc2COc2ccccc2)ccc1OCC(=O)O. The van der Waals surface area contributed by atoms with Crippen molar-refractivity contribution in [2.45, 2.75) is 62.9 Å². The van der Waals surface area contributed by atoms with Crippen molar-refractivity contribution in [2.75, 3.05) is 6.61 Å². The number of halogens is 6. The largest absolute Gasteiger partial charge is 0.489 e. The summed E-state index contributed by atoms with van der Waals surface area (Å²) in [6.07, 6.45) is -8.17. The average molecular weight is 965 g/mol. The number of hydrogen-bond donors (Lipinski definition) is 2. The molecule has 2 N–H and O–H groups in total. The number of carbonyl (C=O) groups is 2. The number of thioether (sulfide) groups is 1. The molecule has 0 amide bonds. The zero-order chi connectivity index (χ0) is 47.4. The van der Waals surface area contributed by atoms with E-state index in [1.807, 2.05) is 80.6 Å². The van der Waals surface area contributed by atoms with Gasteiger partial charge in [-0.3, -0.25) is 4.79 Å². The summed E-state index contributed by atoms with van der Waals surface area (Å²) in [5, 5.41) is 17.5. The summed E-state index contributed by atoms with van der Waals surface area (Å²) in [7, 11) is 0. The number of carboxylic acid groups (broad SMARTS) is 2. The molecule has 0 unspecified atom stereocenters. The third kappa shape index (κ3) is 14.4. The van der Waals surface area contributed by atoms with Gasteiger partial charge in [-0.15, -0.1) is 34.4 Å². The summed E-state index contributed by atoms with van der Waals surface area (Å²) in [5.74, 6) is 0.688. The summed E-state index contributed by atoms with van der Waals surface area (Å²) >= 11 is 4.62. The normalized spacial score (nSPS) is 11.4. The molecule has 66 heavy (non-hydrogen) atoms. The van der Waals surface area contributed by atoms with Crippen LogP contribution >= 0.6 is 34.4 Å². The van der Waals surface area contributed by atoms with Crippen LogP contribution in [0.2, 0.25) is 0 Å². The van der Waals surface area contributed by atoms with Gasteiger partial charge in [0.05, 0.1) is 11.1 Å². The molecule has 0 spiro atoms. The smallest absolute Gasteiger partial charge is 0.416 e. The molecular weight excluding hydrogens is 923 g/mol. The van der Waals surface area contributed by atoms with Crippen molar-refractivity contribution in [1.82, 2.24) is 0 Å². The quantitative estimate of drug-likeness (QED) is 0.0687.